The quantitative estimate of drug-likeness (QED) is 0.329. The average molecular weight is 547 g/mol. The van der Waals surface area contributed by atoms with Crippen LogP contribution in [0.4, 0.5) is 35.2 Å². The Labute approximate surface area is 234 Å². The van der Waals surface area contributed by atoms with Crippen molar-refractivity contribution in [3.8, 4) is 5.75 Å². The molecule has 1 amide bonds. The minimum absolute atomic E-state index is 0.112. The number of amides is 1. The van der Waals surface area contributed by atoms with Gasteiger partial charge in [-0.1, -0.05) is 18.2 Å². The lowest BCUT2D eigenvalue weighted by Crippen LogP contribution is -2.32. The predicted octanol–water partition coefficient (Wildman–Crippen LogP) is 3.08. The van der Waals surface area contributed by atoms with E-state index in [2.05, 4.69) is 47.6 Å². The van der Waals surface area contributed by atoms with E-state index in [0.717, 1.165) is 62.0 Å². The van der Waals surface area contributed by atoms with Crippen LogP contribution in [0, 0.1) is 0 Å². The lowest BCUT2D eigenvalue weighted by Gasteiger charge is -2.26. The first-order chi connectivity index (χ1) is 19.4. The van der Waals surface area contributed by atoms with Gasteiger partial charge < -0.3 is 31.7 Å². The maximum atomic E-state index is 11.6. The van der Waals surface area contributed by atoms with Gasteiger partial charge in [0.15, 0.2) is 0 Å². The van der Waals surface area contributed by atoms with Gasteiger partial charge in [0.05, 0.1) is 7.11 Å². The number of methoxy groups -OCH3 is 1. The molecule has 0 unspecified atom stereocenters. The molecule has 40 heavy (non-hydrogen) atoms. The Balaban J connectivity index is 0.000000168. The number of nitrogen functional groups attached to an aromatic ring is 2. The molecule has 1 saturated carbocycles. The largest absolute Gasteiger partial charge is 0.496 e. The van der Waals surface area contributed by atoms with Crippen LogP contribution >= 0.6 is 0 Å². The number of nitrogens with zero attached hydrogens (tertiary/aromatic N) is 6. The second kappa shape index (κ2) is 12.2. The number of nitrogens with two attached hydrogens (primary N) is 2. The Hall–Kier alpha value is -4.35. The highest BCUT2D eigenvalue weighted by Crippen LogP contribution is 2.30. The normalized spacial score (nSPS) is 18.4. The number of para-hydroxylation sites is 1. The molecule has 2 saturated heterocycles. The van der Waals surface area contributed by atoms with Gasteiger partial charge in [0, 0.05) is 50.8 Å². The number of anilines is 6. The van der Waals surface area contributed by atoms with Crippen molar-refractivity contribution in [3.63, 3.8) is 0 Å². The van der Waals surface area contributed by atoms with Crippen LogP contribution < -0.4 is 36.6 Å². The molecule has 0 bridgehead atoms. The van der Waals surface area contributed by atoms with E-state index in [0.29, 0.717) is 30.3 Å². The van der Waals surface area contributed by atoms with Crippen LogP contribution in [-0.2, 0) is 11.2 Å². The van der Waals surface area contributed by atoms with Crippen molar-refractivity contribution in [1.29, 1.82) is 0 Å². The van der Waals surface area contributed by atoms with E-state index in [1.54, 1.807) is 18.1 Å². The third-order valence-corrected chi connectivity index (χ3v) is 7.31. The van der Waals surface area contributed by atoms with E-state index in [1.807, 2.05) is 25.2 Å². The van der Waals surface area contributed by atoms with Crippen molar-refractivity contribution in [2.75, 3.05) is 59.1 Å². The summed E-state index contributed by atoms with van der Waals surface area (Å²) in [6, 6.07) is 12.9. The molecular weight excluding hydrogens is 508 g/mol. The summed E-state index contributed by atoms with van der Waals surface area (Å²) < 4.78 is 5.48. The second-order valence-corrected chi connectivity index (χ2v) is 10.3. The van der Waals surface area contributed by atoms with Crippen molar-refractivity contribution in [1.82, 2.24) is 19.9 Å². The van der Waals surface area contributed by atoms with Gasteiger partial charge in [-0.3, -0.25) is 9.69 Å². The van der Waals surface area contributed by atoms with Gasteiger partial charge in [-0.15, -0.1) is 0 Å². The van der Waals surface area contributed by atoms with Crippen LogP contribution in [0.1, 0.15) is 44.1 Å². The summed E-state index contributed by atoms with van der Waals surface area (Å²) in [5, 5.41) is 6.30. The first-order valence-electron chi connectivity index (χ1n) is 13.9. The molecule has 3 aliphatic rings. The monoisotopic (exact) mass is 546 g/mol. The van der Waals surface area contributed by atoms with Crippen LogP contribution in [0.15, 0.2) is 36.4 Å². The van der Waals surface area contributed by atoms with E-state index in [4.69, 9.17) is 16.2 Å². The van der Waals surface area contributed by atoms with Gasteiger partial charge in [0.2, 0.25) is 17.8 Å². The summed E-state index contributed by atoms with van der Waals surface area (Å²) in [5.74, 6) is 4.53. The van der Waals surface area contributed by atoms with Gasteiger partial charge in [0.25, 0.3) is 0 Å². The van der Waals surface area contributed by atoms with Crippen molar-refractivity contribution in [3.05, 3.63) is 42.0 Å². The van der Waals surface area contributed by atoms with Crippen LogP contribution in [0.5, 0.6) is 5.75 Å². The van der Waals surface area contributed by atoms with E-state index in [-0.39, 0.29) is 11.9 Å². The highest BCUT2D eigenvalue weighted by Gasteiger charge is 2.28. The fraction of sp³-hybridized carbons (Fsp3) is 0.464. The first kappa shape index (κ1) is 27.2. The molecule has 1 atom stereocenters. The number of benzene rings is 1. The highest BCUT2D eigenvalue weighted by molar-refractivity contribution is 5.94. The van der Waals surface area contributed by atoms with Gasteiger partial charge in [0.1, 0.15) is 29.0 Å². The number of aromatic nitrogens is 4. The fourth-order valence-corrected chi connectivity index (χ4v) is 5.19. The minimum Gasteiger partial charge on any atom is -0.496 e. The Bertz CT molecular complexity index is 1330. The number of rotatable bonds is 8. The molecule has 3 fully saturated rings. The number of ether oxygens (including phenoxy) is 1. The van der Waals surface area contributed by atoms with Crippen LogP contribution in [0.25, 0.3) is 0 Å². The summed E-state index contributed by atoms with van der Waals surface area (Å²) in [5.41, 5.74) is 12.7. The lowest BCUT2D eigenvalue weighted by atomic mass is 10.0. The van der Waals surface area contributed by atoms with Gasteiger partial charge >= 0.3 is 0 Å². The van der Waals surface area contributed by atoms with Crippen LogP contribution in [0.2, 0.25) is 0 Å². The lowest BCUT2D eigenvalue weighted by molar-refractivity contribution is -0.117. The van der Waals surface area contributed by atoms with Crippen molar-refractivity contribution >= 4 is 41.1 Å². The molecule has 1 aromatic carbocycles. The standard InChI is InChI=1S/C17H23N5O.C11H15N5O/c1-19-15-11-16(21-17(18)20-15)22-9-5-7-13(22)10-12-6-3-4-8-14(12)23-2;12-11-14-8(13-7-3-4-7)6-9(15-11)16-5-1-2-10(16)17/h3-4,6,8,11,13H,5,7,9-10H2,1-2H3,(H3,18,19,20,21);6-7H,1-5H2,(H3,12,13,14,15)/t13-;/m1./s1. The van der Waals surface area contributed by atoms with Crippen LogP contribution in [0.3, 0.4) is 0 Å². The Kier molecular flexibility index (Phi) is 8.32. The topological polar surface area (TPSA) is 160 Å². The smallest absolute Gasteiger partial charge is 0.228 e. The Morgan fingerprint density at radius 2 is 1.68 bits per heavy atom. The summed E-state index contributed by atoms with van der Waals surface area (Å²) in [6.07, 6.45) is 7.03. The van der Waals surface area contributed by atoms with Crippen molar-refractivity contribution in [2.45, 2.75) is 57.0 Å². The maximum Gasteiger partial charge on any atom is 0.228 e. The molecule has 12 nitrogen and oxygen atoms in total. The molecule has 2 aliphatic heterocycles. The third kappa shape index (κ3) is 6.61. The predicted molar refractivity (Wildman–Crippen MR) is 158 cm³/mol. The molecular formula is C28H38N10O2. The molecule has 4 heterocycles. The fourth-order valence-electron chi connectivity index (χ4n) is 5.19. The van der Waals surface area contributed by atoms with Gasteiger partial charge in [-0.2, -0.15) is 19.9 Å². The minimum atomic E-state index is 0.112. The summed E-state index contributed by atoms with van der Waals surface area (Å²) in [7, 11) is 3.55. The third-order valence-electron chi connectivity index (χ3n) is 7.31. The molecule has 1 aliphatic carbocycles. The maximum absolute atomic E-state index is 11.6. The first-order valence-corrected chi connectivity index (χ1v) is 13.9. The Morgan fingerprint density at radius 3 is 2.38 bits per heavy atom. The zero-order valence-corrected chi connectivity index (χ0v) is 23.1. The van der Waals surface area contributed by atoms with Crippen molar-refractivity contribution in [2.24, 2.45) is 0 Å². The van der Waals surface area contributed by atoms with E-state index >= 15 is 0 Å². The SMILES string of the molecule is CNc1cc(N2CCC[C@@H]2Cc2ccccc2OC)nc(N)n1.Nc1nc(NC2CC2)cc(N2CCCC2=O)n1. The zero-order chi connectivity index (χ0) is 28.1. The molecule has 0 spiro atoms. The number of carbonyl (C=O) groups is 1. The zero-order valence-electron chi connectivity index (χ0n) is 23.1. The number of carbonyl (C=O) groups excluding carboxylic acids is 1. The second-order valence-electron chi connectivity index (χ2n) is 10.3. The average Bonchev–Trinajstić information content (AvgIpc) is 3.45. The molecule has 2 aromatic heterocycles. The number of hydrogen-bond donors (Lipinski definition) is 4. The number of hydrogen-bond acceptors (Lipinski definition) is 11. The van der Waals surface area contributed by atoms with Gasteiger partial charge in [-0.25, -0.2) is 0 Å². The van der Waals surface area contributed by atoms with Crippen molar-refractivity contribution < 1.29 is 9.53 Å². The Morgan fingerprint density at radius 1 is 0.950 bits per heavy atom. The van der Waals surface area contributed by atoms with E-state index in [9.17, 15) is 4.79 Å². The number of nitrogens with one attached hydrogen (secondary N) is 2. The molecule has 0 radical (unpaired) electrons. The molecule has 6 rings (SSSR count). The van der Waals surface area contributed by atoms with Gasteiger partial charge in [-0.05, 0) is 50.2 Å². The summed E-state index contributed by atoms with van der Waals surface area (Å²) in [6.45, 7) is 1.71. The molecule has 212 valence electrons. The van der Waals surface area contributed by atoms with E-state index in [1.165, 1.54) is 18.4 Å². The molecule has 3 aromatic rings. The van der Waals surface area contributed by atoms with E-state index < -0.39 is 0 Å². The van der Waals surface area contributed by atoms with Crippen LogP contribution in [-0.4, -0.2) is 65.2 Å². The summed E-state index contributed by atoms with van der Waals surface area (Å²) >= 11 is 0. The molecule has 12 heteroatoms. The molecule has 6 N–H and O–H groups in total. The highest BCUT2D eigenvalue weighted by atomic mass is 16.5. The summed E-state index contributed by atoms with van der Waals surface area (Å²) in [4.78, 5) is 32.5.